The van der Waals surface area contributed by atoms with E-state index in [1.807, 2.05) is 6.92 Å². The molecule has 0 aliphatic heterocycles. The average Bonchev–Trinajstić information content (AvgIpc) is 2.74. The summed E-state index contributed by atoms with van der Waals surface area (Å²) in [5, 5.41) is 6.68. The molecule has 2 aromatic rings. The maximum atomic E-state index is 13.6. The molecule has 0 unspecified atom stereocenters. The van der Waals surface area contributed by atoms with Crippen LogP contribution < -0.4 is 5.32 Å². The third kappa shape index (κ3) is 3.13. The predicted molar refractivity (Wildman–Crippen MR) is 75.0 cm³/mol. The van der Waals surface area contributed by atoms with Gasteiger partial charge in [-0.1, -0.05) is 27.5 Å². The molecule has 19 heavy (non-hydrogen) atoms. The van der Waals surface area contributed by atoms with Gasteiger partial charge >= 0.3 is 0 Å². The Kier molecular flexibility index (Phi) is 4.21. The summed E-state index contributed by atoms with van der Waals surface area (Å²) in [7, 11) is 0. The molecule has 100 valence electrons. The van der Waals surface area contributed by atoms with Gasteiger partial charge in [0, 0.05) is 17.2 Å². The van der Waals surface area contributed by atoms with E-state index in [0.29, 0.717) is 11.0 Å². The van der Waals surface area contributed by atoms with Crippen LogP contribution in [0.5, 0.6) is 0 Å². The van der Waals surface area contributed by atoms with E-state index in [1.54, 1.807) is 12.3 Å². The Morgan fingerprint density at radius 3 is 2.89 bits per heavy atom. The average molecular weight is 347 g/mol. The number of aromatic nitrogens is 2. The predicted octanol–water partition coefficient (Wildman–Crippen LogP) is 3.71. The first-order valence-corrected chi connectivity index (χ1v) is 6.67. The molecule has 0 atom stereocenters. The Morgan fingerprint density at radius 2 is 2.32 bits per heavy atom. The van der Waals surface area contributed by atoms with Gasteiger partial charge in [-0.05, 0) is 25.1 Å². The lowest BCUT2D eigenvalue weighted by Gasteiger charge is -2.05. The van der Waals surface area contributed by atoms with Gasteiger partial charge in [0.25, 0.3) is 5.91 Å². The number of carbonyl (C=O) groups excluding carboxylic acids is 1. The fraction of sp³-hybridized carbons (Fsp3) is 0.167. The highest BCUT2D eigenvalue weighted by Gasteiger charge is 2.16. The Bertz CT molecular complexity index is 629. The molecule has 0 bridgehead atoms. The van der Waals surface area contributed by atoms with E-state index in [1.165, 1.54) is 16.8 Å². The molecule has 2 rings (SSSR count). The second kappa shape index (κ2) is 5.71. The van der Waals surface area contributed by atoms with Crippen LogP contribution in [0.2, 0.25) is 5.02 Å². The van der Waals surface area contributed by atoms with Crippen molar-refractivity contribution in [1.29, 1.82) is 0 Å². The van der Waals surface area contributed by atoms with Gasteiger partial charge in [0.2, 0.25) is 0 Å². The number of amides is 1. The highest BCUT2D eigenvalue weighted by Crippen LogP contribution is 2.21. The quantitative estimate of drug-likeness (QED) is 0.921. The molecule has 0 aliphatic carbocycles. The van der Waals surface area contributed by atoms with Crippen LogP contribution in [0.4, 0.5) is 10.1 Å². The molecule has 1 heterocycles. The number of nitrogens with zero attached hydrogens (tertiary/aromatic N) is 2. The van der Waals surface area contributed by atoms with Crippen LogP contribution in [0.25, 0.3) is 0 Å². The minimum Gasteiger partial charge on any atom is -0.318 e. The van der Waals surface area contributed by atoms with Gasteiger partial charge in [-0.25, -0.2) is 4.39 Å². The number of nitrogens with one attached hydrogen (secondary N) is 1. The number of halogens is 3. The van der Waals surface area contributed by atoms with Gasteiger partial charge in [0.1, 0.15) is 5.82 Å². The summed E-state index contributed by atoms with van der Waals surface area (Å²) < 4.78 is 15.7. The minimum atomic E-state index is -0.543. The first kappa shape index (κ1) is 14.0. The zero-order valence-electron chi connectivity index (χ0n) is 9.95. The van der Waals surface area contributed by atoms with Crippen LogP contribution in [0, 0.1) is 5.82 Å². The molecule has 0 saturated heterocycles. The third-order valence-electron chi connectivity index (χ3n) is 2.44. The topological polar surface area (TPSA) is 46.9 Å². The van der Waals surface area contributed by atoms with Gasteiger partial charge in [0.05, 0.1) is 10.7 Å². The Balaban J connectivity index is 2.23. The summed E-state index contributed by atoms with van der Waals surface area (Å²) in [5.74, 6) is -1.08. The Labute approximate surface area is 122 Å². The Hall–Kier alpha value is -1.40. The lowest BCUT2D eigenvalue weighted by molar-refractivity contribution is 0.102. The van der Waals surface area contributed by atoms with E-state index >= 15 is 0 Å². The standard InChI is InChI=1S/C12H10BrClFN3O/c1-2-18-6-8(14)11(17-18)12(19)16-10-4-3-7(13)5-9(10)15/h3-6H,2H2,1H3,(H,16,19). The number of anilines is 1. The van der Waals surface area contributed by atoms with Crippen molar-refractivity contribution in [1.82, 2.24) is 9.78 Å². The lowest BCUT2D eigenvalue weighted by Crippen LogP contribution is -2.14. The fourth-order valence-corrected chi connectivity index (χ4v) is 2.05. The number of rotatable bonds is 3. The lowest BCUT2D eigenvalue weighted by atomic mass is 10.3. The molecule has 1 N–H and O–H groups in total. The third-order valence-corrected chi connectivity index (χ3v) is 3.21. The van der Waals surface area contributed by atoms with E-state index in [0.717, 1.165) is 0 Å². The number of aryl methyl sites for hydroxylation is 1. The van der Waals surface area contributed by atoms with Crippen LogP contribution in [0.15, 0.2) is 28.9 Å². The van der Waals surface area contributed by atoms with E-state index in [2.05, 4.69) is 26.3 Å². The number of hydrogen-bond acceptors (Lipinski definition) is 2. The van der Waals surface area contributed by atoms with Gasteiger partial charge < -0.3 is 5.32 Å². The highest BCUT2D eigenvalue weighted by atomic mass is 79.9. The number of hydrogen-bond donors (Lipinski definition) is 1. The molecule has 1 aromatic carbocycles. The van der Waals surface area contributed by atoms with Gasteiger partial charge in [-0.15, -0.1) is 0 Å². The van der Waals surface area contributed by atoms with Crippen molar-refractivity contribution in [3.8, 4) is 0 Å². The van der Waals surface area contributed by atoms with Crippen LogP contribution in [-0.4, -0.2) is 15.7 Å². The molecule has 1 amide bonds. The molecule has 0 spiro atoms. The molecular weight excluding hydrogens is 337 g/mol. The second-order valence-corrected chi connectivity index (χ2v) is 5.08. The molecule has 7 heteroatoms. The monoisotopic (exact) mass is 345 g/mol. The first-order chi connectivity index (χ1) is 9.01. The van der Waals surface area contributed by atoms with E-state index < -0.39 is 11.7 Å². The van der Waals surface area contributed by atoms with Crippen molar-refractivity contribution in [2.24, 2.45) is 0 Å². The van der Waals surface area contributed by atoms with Crippen molar-refractivity contribution in [2.45, 2.75) is 13.5 Å². The molecule has 0 radical (unpaired) electrons. The fourth-order valence-electron chi connectivity index (χ4n) is 1.49. The van der Waals surface area contributed by atoms with Gasteiger partial charge in [0.15, 0.2) is 5.69 Å². The van der Waals surface area contributed by atoms with E-state index in [4.69, 9.17) is 11.6 Å². The normalized spacial score (nSPS) is 10.5. The van der Waals surface area contributed by atoms with Crippen LogP contribution in [0.1, 0.15) is 17.4 Å². The van der Waals surface area contributed by atoms with Crippen molar-refractivity contribution >= 4 is 39.1 Å². The van der Waals surface area contributed by atoms with Crippen LogP contribution >= 0.6 is 27.5 Å². The molecule has 4 nitrogen and oxygen atoms in total. The summed E-state index contributed by atoms with van der Waals surface area (Å²) >= 11 is 9.05. The van der Waals surface area contributed by atoms with Crippen molar-refractivity contribution in [3.63, 3.8) is 0 Å². The molecule has 1 aromatic heterocycles. The Morgan fingerprint density at radius 1 is 1.58 bits per heavy atom. The summed E-state index contributed by atoms with van der Waals surface area (Å²) in [6, 6.07) is 4.36. The van der Waals surface area contributed by atoms with Crippen LogP contribution in [-0.2, 0) is 6.54 Å². The second-order valence-electron chi connectivity index (χ2n) is 3.76. The smallest absolute Gasteiger partial charge is 0.277 e. The van der Waals surface area contributed by atoms with E-state index in [9.17, 15) is 9.18 Å². The summed E-state index contributed by atoms with van der Waals surface area (Å²) in [6.07, 6.45) is 1.55. The summed E-state index contributed by atoms with van der Waals surface area (Å²) in [4.78, 5) is 12.0. The largest absolute Gasteiger partial charge is 0.318 e. The first-order valence-electron chi connectivity index (χ1n) is 5.50. The number of benzene rings is 1. The van der Waals surface area contributed by atoms with Crippen molar-refractivity contribution in [2.75, 3.05) is 5.32 Å². The highest BCUT2D eigenvalue weighted by molar-refractivity contribution is 9.10. The zero-order valence-corrected chi connectivity index (χ0v) is 12.3. The maximum Gasteiger partial charge on any atom is 0.277 e. The SMILES string of the molecule is CCn1cc(Cl)c(C(=O)Nc2ccc(Br)cc2F)n1. The molecule has 0 aliphatic rings. The van der Waals surface area contributed by atoms with E-state index in [-0.39, 0.29) is 16.4 Å². The van der Waals surface area contributed by atoms with Gasteiger partial charge in [-0.2, -0.15) is 5.10 Å². The maximum absolute atomic E-state index is 13.6. The van der Waals surface area contributed by atoms with Crippen molar-refractivity contribution in [3.05, 3.63) is 45.4 Å². The minimum absolute atomic E-state index is 0.0748. The summed E-state index contributed by atoms with van der Waals surface area (Å²) in [6.45, 7) is 2.47. The number of carbonyl (C=O) groups is 1. The van der Waals surface area contributed by atoms with Crippen molar-refractivity contribution < 1.29 is 9.18 Å². The molecule has 0 fully saturated rings. The van der Waals surface area contributed by atoms with Gasteiger partial charge in [-0.3, -0.25) is 9.48 Å². The zero-order chi connectivity index (χ0) is 14.0. The summed E-state index contributed by atoms with van der Waals surface area (Å²) in [5.41, 5.74) is 0.154. The van der Waals surface area contributed by atoms with Crippen LogP contribution in [0.3, 0.4) is 0 Å². The molecule has 0 saturated carbocycles. The molecular formula is C12H10BrClFN3O.